The molecule has 0 heterocycles. The van der Waals surface area contributed by atoms with Gasteiger partial charge in [-0.15, -0.1) is 0 Å². The van der Waals surface area contributed by atoms with Gasteiger partial charge in [-0.2, -0.15) is 0 Å². The van der Waals surface area contributed by atoms with Gasteiger partial charge in [-0.05, 0) is 25.7 Å². The average Bonchev–Trinajstić information content (AvgIpc) is 2.36. The molecular weight excluding hydrogens is 255 g/mol. The predicted molar refractivity (Wildman–Crippen MR) is 74.6 cm³/mol. The number of alkyl halides is 2. The molecule has 0 spiro atoms. The third-order valence-electron chi connectivity index (χ3n) is 3.58. The number of carbonyl (C=O) groups is 1. The van der Waals surface area contributed by atoms with Crippen LogP contribution in [0.3, 0.4) is 0 Å². The molecular formula is C14H20Cl2O. The summed E-state index contributed by atoms with van der Waals surface area (Å²) in [6, 6.07) is 0. The largest absolute Gasteiger partial charge is 0.296 e. The summed E-state index contributed by atoms with van der Waals surface area (Å²) in [5.74, 6) is -0.0617. The molecule has 1 atom stereocenters. The van der Waals surface area contributed by atoms with Gasteiger partial charge >= 0.3 is 0 Å². The molecule has 17 heavy (non-hydrogen) atoms. The topological polar surface area (TPSA) is 17.1 Å². The highest BCUT2D eigenvalue weighted by molar-refractivity contribution is 6.54. The van der Waals surface area contributed by atoms with E-state index in [-0.39, 0.29) is 5.78 Å². The first-order valence-corrected chi connectivity index (χ1v) is 7.10. The zero-order chi connectivity index (χ0) is 13.1. The molecule has 1 unspecified atom stereocenters. The Labute approximate surface area is 114 Å². The summed E-state index contributed by atoms with van der Waals surface area (Å²) in [6.45, 7) is 6.25. The van der Waals surface area contributed by atoms with Crippen molar-refractivity contribution in [3.8, 4) is 0 Å². The Morgan fingerprint density at radius 3 is 2.41 bits per heavy atom. The van der Waals surface area contributed by atoms with Gasteiger partial charge in [-0.3, -0.25) is 4.79 Å². The number of allylic oxidation sites excluding steroid dienone is 4. The van der Waals surface area contributed by atoms with Crippen LogP contribution in [-0.4, -0.2) is 10.6 Å². The first-order valence-electron chi connectivity index (χ1n) is 6.22. The molecule has 1 aliphatic rings. The summed E-state index contributed by atoms with van der Waals surface area (Å²) in [4.78, 5) is 11.3. The normalized spacial score (nSPS) is 24.6. The molecule has 0 amide bonds. The fourth-order valence-corrected chi connectivity index (χ4v) is 2.81. The van der Waals surface area contributed by atoms with Crippen LogP contribution in [0.25, 0.3) is 0 Å². The van der Waals surface area contributed by atoms with E-state index in [0.717, 1.165) is 25.7 Å². The van der Waals surface area contributed by atoms with Crippen LogP contribution in [0.2, 0.25) is 0 Å². The zero-order valence-corrected chi connectivity index (χ0v) is 12.2. The van der Waals surface area contributed by atoms with Crippen molar-refractivity contribution in [2.75, 3.05) is 0 Å². The number of rotatable bonds is 5. The maximum absolute atomic E-state index is 12.2. The van der Waals surface area contributed by atoms with Gasteiger partial charge in [-0.25, -0.2) is 0 Å². The van der Waals surface area contributed by atoms with Crippen LogP contribution >= 0.6 is 23.2 Å². The van der Waals surface area contributed by atoms with Crippen molar-refractivity contribution in [2.24, 2.45) is 5.41 Å². The van der Waals surface area contributed by atoms with Crippen molar-refractivity contribution < 1.29 is 4.79 Å². The number of ketones is 1. The molecule has 3 heteroatoms. The third-order valence-corrected chi connectivity index (χ3v) is 3.97. The van der Waals surface area contributed by atoms with E-state index in [9.17, 15) is 4.79 Å². The summed E-state index contributed by atoms with van der Waals surface area (Å²) in [5.41, 5.74) is 2.05. The quantitative estimate of drug-likeness (QED) is 0.656. The minimum atomic E-state index is -0.930. The molecule has 0 saturated heterocycles. The molecule has 96 valence electrons. The summed E-state index contributed by atoms with van der Waals surface area (Å²) in [6.07, 6.45) is 7.71. The molecule has 0 saturated carbocycles. The molecule has 0 bridgehead atoms. The van der Waals surface area contributed by atoms with Crippen LogP contribution in [0.15, 0.2) is 23.3 Å². The van der Waals surface area contributed by atoms with E-state index < -0.39 is 10.3 Å². The number of hydrogen-bond donors (Lipinski definition) is 0. The fraction of sp³-hybridized carbons (Fsp3) is 0.643. The molecule has 0 N–H and O–H groups in total. The van der Waals surface area contributed by atoms with Crippen LogP contribution < -0.4 is 0 Å². The molecule has 0 aliphatic heterocycles. The maximum Gasteiger partial charge on any atom is 0.175 e. The highest BCUT2D eigenvalue weighted by atomic mass is 35.5. The third kappa shape index (κ3) is 3.14. The van der Waals surface area contributed by atoms with E-state index in [1.807, 2.05) is 6.92 Å². The number of carbonyl (C=O) groups excluding carboxylic acids is 1. The van der Waals surface area contributed by atoms with E-state index in [1.54, 1.807) is 0 Å². The van der Waals surface area contributed by atoms with Crippen molar-refractivity contribution in [1.29, 1.82) is 0 Å². The van der Waals surface area contributed by atoms with Crippen molar-refractivity contribution in [1.82, 2.24) is 0 Å². The summed E-state index contributed by atoms with van der Waals surface area (Å²) < 4.78 is 0. The van der Waals surface area contributed by atoms with Crippen molar-refractivity contribution in [2.45, 2.75) is 51.3 Å². The number of halogens is 2. The molecule has 0 aromatic heterocycles. The van der Waals surface area contributed by atoms with E-state index >= 15 is 0 Å². The summed E-state index contributed by atoms with van der Waals surface area (Å²) in [5, 5.41) is 0. The maximum atomic E-state index is 12.2. The van der Waals surface area contributed by atoms with E-state index in [1.165, 1.54) is 11.1 Å². The van der Waals surface area contributed by atoms with Gasteiger partial charge in [0.2, 0.25) is 0 Å². The Morgan fingerprint density at radius 1 is 1.35 bits per heavy atom. The Morgan fingerprint density at radius 2 is 2.00 bits per heavy atom. The molecule has 0 aromatic carbocycles. The minimum Gasteiger partial charge on any atom is -0.296 e. The Bertz CT molecular complexity index is 355. The Hall–Kier alpha value is -0.270. The standard InChI is InChI=1S/C14H20Cl2O/c1-4-10-7-11(5-2)9-14(6-3,8-10)12(17)13(15)16/h7-8,13H,4-6,9H2,1-3H3. The van der Waals surface area contributed by atoms with E-state index in [2.05, 4.69) is 26.0 Å². The van der Waals surface area contributed by atoms with Gasteiger partial charge in [0.1, 0.15) is 0 Å². The number of hydrogen-bond acceptors (Lipinski definition) is 1. The van der Waals surface area contributed by atoms with Gasteiger partial charge in [-0.1, -0.05) is 67.3 Å². The molecule has 1 nitrogen and oxygen atoms in total. The highest BCUT2D eigenvalue weighted by Gasteiger charge is 2.39. The highest BCUT2D eigenvalue weighted by Crippen LogP contribution is 2.41. The van der Waals surface area contributed by atoms with Crippen molar-refractivity contribution >= 4 is 29.0 Å². The van der Waals surface area contributed by atoms with Crippen LogP contribution in [-0.2, 0) is 4.79 Å². The molecule has 0 fully saturated rings. The molecule has 1 rings (SSSR count). The van der Waals surface area contributed by atoms with Gasteiger partial charge in [0.05, 0.1) is 5.41 Å². The smallest absolute Gasteiger partial charge is 0.175 e. The lowest BCUT2D eigenvalue weighted by molar-refractivity contribution is -0.124. The first kappa shape index (κ1) is 14.8. The minimum absolute atomic E-state index is 0.0617. The lowest BCUT2D eigenvalue weighted by atomic mass is 9.71. The summed E-state index contributed by atoms with van der Waals surface area (Å²) in [7, 11) is 0. The second-order valence-corrected chi connectivity index (χ2v) is 5.68. The lowest BCUT2D eigenvalue weighted by Crippen LogP contribution is -2.35. The Balaban J connectivity index is 3.14. The fourth-order valence-electron chi connectivity index (χ4n) is 2.37. The van der Waals surface area contributed by atoms with Crippen molar-refractivity contribution in [3.63, 3.8) is 0 Å². The number of Topliss-reactive ketones (excluding diaryl/α,β-unsaturated/α-hetero) is 1. The monoisotopic (exact) mass is 274 g/mol. The van der Waals surface area contributed by atoms with E-state index in [0.29, 0.717) is 0 Å². The molecule has 0 radical (unpaired) electrons. The second kappa shape index (κ2) is 6.06. The Kier molecular flexibility index (Phi) is 5.27. The molecule has 0 aromatic rings. The molecule has 1 aliphatic carbocycles. The van der Waals surface area contributed by atoms with Crippen molar-refractivity contribution in [3.05, 3.63) is 23.3 Å². The van der Waals surface area contributed by atoms with Gasteiger partial charge in [0.15, 0.2) is 10.6 Å². The van der Waals surface area contributed by atoms with Crippen LogP contribution in [0.4, 0.5) is 0 Å². The van der Waals surface area contributed by atoms with E-state index in [4.69, 9.17) is 23.2 Å². The van der Waals surface area contributed by atoms with Crippen LogP contribution in [0.1, 0.15) is 46.5 Å². The second-order valence-electron chi connectivity index (χ2n) is 4.58. The first-order chi connectivity index (χ1) is 7.99. The van der Waals surface area contributed by atoms with Crippen LogP contribution in [0.5, 0.6) is 0 Å². The van der Waals surface area contributed by atoms with Gasteiger partial charge < -0.3 is 0 Å². The SMILES string of the molecule is CCC1=CC(CC)(C(=O)C(Cl)Cl)CC(CC)=C1. The lowest BCUT2D eigenvalue weighted by Gasteiger charge is -2.33. The summed E-state index contributed by atoms with van der Waals surface area (Å²) >= 11 is 11.6. The average molecular weight is 275 g/mol. The predicted octanol–water partition coefficient (Wildman–Crippen LogP) is 4.83. The van der Waals surface area contributed by atoms with Gasteiger partial charge in [0.25, 0.3) is 0 Å². The zero-order valence-electron chi connectivity index (χ0n) is 10.7. The van der Waals surface area contributed by atoms with Gasteiger partial charge in [0, 0.05) is 0 Å². The van der Waals surface area contributed by atoms with Crippen LogP contribution in [0, 0.1) is 5.41 Å².